The molecule has 3 rings (SSSR count). The SMILES string of the molecule is CC1Cc2cc(C(=O)N(C)Cc3ccsc3)ccc2N1S(C)(=O)=O. The summed E-state index contributed by atoms with van der Waals surface area (Å²) in [5.41, 5.74) is 3.28. The first-order valence-corrected chi connectivity index (χ1v) is 10.5. The van der Waals surface area contributed by atoms with E-state index >= 15 is 0 Å². The summed E-state index contributed by atoms with van der Waals surface area (Å²) < 4.78 is 25.4. The molecule has 1 amide bonds. The Balaban J connectivity index is 1.84. The molecular weight excluding hydrogens is 344 g/mol. The van der Waals surface area contributed by atoms with E-state index in [2.05, 4.69) is 0 Å². The van der Waals surface area contributed by atoms with Gasteiger partial charge in [0, 0.05) is 25.2 Å². The minimum Gasteiger partial charge on any atom is -0.337 e. The summed E-state index contributed by atoms with van der Waals surface area (Å²) in [5, 5.41) is 4.02. The maximum absolute atomic E-state index is 12.6. The van der Waals surface area contributed by atoms with Crippen molar-refractivity contribution in [3.8, 4) is 0 Å². The highest BCUT2D eigenvalue weighted by atomic mass is 32.2. The number of amides is 1. The van der Waals surface area contributed by atoms with Crippen LogP contribution in [0.15, 0.2) is 35.0 Å². The highest BCUT2D eigenvalue weighted by Crippen LogP contribution is 2.34. The van der Waals surface area contributed by atoms with Gasteiger partial charge in [0.05, 0.1) is 11.9 Å². The van der Waals surface area contributed by atoms with Crippen molar-refractivity contribution in [2.75, 3.05) is 17.6 Å². The first-order chi connectivity index (χ1) is 11.3. The number of hydrogen-bond acceptors (Lipinski definition) is 4. The van der Waals surface area contributed by atoms with Crippen molar-refractivity contribution in [2.24, 2.45) is 0 Å². The number of hydrogen-bond donors (Lipinski definition) is 0. The third-order valence-electron chi connectivity index (χ3n) is 4.18. The molecule has 2 heterocycles. The lowest BCUT2D eigenvalue weighted by Crippen LogP contribution is -2.34. The Morgan fingerprint density at radius 2 is 2.12 bits per heavy atom. The standard InChI is InChI=1S/C17H20N2O3S2/c1-12-8-15-9-14(4-5-16(15)19(12)24(3,21)22)17(20)18(2)10-13-6-7-23-11-13/h4-7,9,11-12H,8,10H2,1-3H3. The average molecular weight is 364 g/mol. The number of sulfonamides is 1. The molecule has 24 heavy (non-hydrogen) atoms. The zero-order chi connectivity index (χ0) is 17.5. The van der Waals surface area contributed by atoms with E-state index in [9.17, 15) is 13.2 Å². The van der Waals surface area contributed by atoms with Gasteiger partial charge in [-0.05, 0) is 59.5 Å². The molecule has 0 bridgehead atoms. The first kappa shape index (κ1) is 17.0. The fourth-order valence-corrected chi connectivity index (χ4v) is 5.11. The van der Waals surface area contributed by atoms with E-state index in [1.807, 2.05) is 29.8 Å². The predicted molar refractivity (Wildman–Crippen MR) is 97.0 cm³/mol. The average Bonchev–Trinajstić information content (AvgIpc) is 3.10. The van der Waals surface area contributed by atoms with Gasteiger partial charge in [-0.25, -0.2) is 8.42 Å². The van der Waals surface area contributed by atoms with Crippen molar-refractivity contribution >= 4 is 33.0 Å². The maximum Gasteiger partial charge on any atom is 0.253 e. The second kappa shape index (κ2) is 6.22. The highest BCUT2D eigenvalue weighted by molar-refractivity contribution is 7.92. The lowest BCUT2D eigenvalue weighted by molar-refractivity contribution is 0.0785. The third kappa shape index (κ3) is 3.18. The summed E-state index contributed by atoms with van der Waals surface area (Å²) in [5.74, 6) is -0.0607. The molecular formula is C17H20N2O3S2. The van der Waals surface area contributed by atoms with Crippen molar-refractivity contribution < 1.29 is 13.2 Å². The number of rotatable bonds is 4. The minimum absolute atomic E-state index is 0.0607. The van der Waals surface area contributed by atoms with Crippen molar-refractivity contribution in [3.05, 3.63) is 51.7 Å². The van der Waals surface area contributed by atoms with E-state index in [0.717, 1.165) is 11.1 Å². The number of carbonyl (C=O) groups is 1. The van der Waals surface area contributed by atoms with Crippen LogP contribution in [-0.4, -0.2) is 38.6 Å². The molecule has 1 aromatic carbocycles. The second-order valence-corrected chi connectivity index (χ2v) is 8.89. The molecule has 1 atom stereocenters. The Kier molecular flexibility index (Phi) is 4.40. The fourth-order valence-electron chi connectivity index (χ4n) is 3.19. The summed E-state index contributed by atoms with van der Waals surface area (Å²) in [7, 11) is -1.53. The van der Waals surface area contributed by atoms with E-state index < -0.39 is 10.0 Å². The molecule has 1 aliphatic heterocycles. The second-order valence-electron chi connectivity index (χ2n) is 6.25. The summed E-state index contributed by atoms with van der Waals surface area (Å²) in [6, 6.07) is 7.16. The molecule has 2 aromatic rings. The molecule has 0 saturated carbocycles. The Morgan fingerprint density at radius 1 is 1.38 bits per heavy atom. The van der Waals surface area contributed by atoms with Crippen LogP contribution in [0, 0.1) is 0 Å². The number of thiophene rings is 1. The number of fused-ring (bicyclic) bond motifs is 1. The van der Waals surface area contributed by atoms with Gasteiger partial charge in [-0.15, -0.1) is 0 Å². The van der Waals surface area contributed by atoms with Gasteiger partial charge in [0.2, 0.25) is 10.0 Å². The minimum atomic E-state index is -3.31. The van der Waals surface area contributed by atoms with Crippen LogP contribution >= 0.6 is 11.3 Å². The topological polar surface area (TPSA) is 57.7 Å². The van der Waals surface area contributed by atoms with E-state index in [0.29, 0.717) is 24.2 Å². The van der Waals surface area contributed by atoms with Gasteiger partial charge in [-0.2, -0.15) is 11.3 Å². The molecule has 7 heteroatoms. The van der Waals surface area contributed by atoms with Crippen molar-refractivity contribution in [1.82, 2.24) is 4.90 Å². The van der Waals surface area contributed by atoms with Crippen LogP contribution < -0.4 is 4.31 Å². The predicted octanol–water partition coefficient (Wildman–Crippen LogP) is 2.73. The highest BCUT2D eigenvalue weighted by Gasteiger charge is 2.33. The van der Waals surface area contributed by atoms with Crippen LogP contribution in [0.1, 0.15) is 28.4 Å². The van der Waals surface area contributed by atoms with Gasteiger partial charge in [0.25, 0.3) is 5.91 Å². The quantitative estimate of drug-likeness (QED) is 0.838. The number of benzene rings is 1. The fraction of sp³-hybridized carbons (Fsp3) is 0.353. The Morgan fingerprint density at radius 3 is 2.75 bits per heavy atom. The molecule has 0 spiro atoms. The molecule has 0 N–H and O–H groups in total. The van der Waals surface area contributed by atoms with E-state index in [4.69, 9.17) is 0 Å². The number of anilines is 1. The van der Waals surface area contributed by atoms with Gasteiger partial charge in [-0.1, -0.05) is 0 Å². The summed E-state index contributed by atoms with van der Waals surface area (Å²) in [6.45, 7) is 2.44. The number of carbonyl (C=O) groups excluding carboxylic acids is 1. The largest absolute Gasteiger partial charge is 0.337 e. The summed E-state index contributed by atoms with van der Waals surface area (Å²) in [6.07, 6.45) is 1.84. The summed E-state index contributed by atoms with van der Waals surface area (Å²) >= 11 is 1.61. The molecule has 1 unspecified atom stereocenters. The maximum atomic E-state index is 12.6. The molecule has 0 aliphatic carbocycles. The van der Waals surface area contributed by atoms with E-state index in [1.54, 1.807) is 35.4 Å². The Bertz CT molecular complexity index is 860. The Hall–Kier alpha value is -1.86. The normalized spacial score (nSPS) is 17.0. The lowest BCUT2D eigenvalue weighted by Gasteiger charge is -2.22. The summed E-state index contributed by atoms with van der Waals surface area (Å²) in [4.78, 5) is 14.3. The monoisotopic (exact) mass is 364 g/mol. The lowest BCUT2D eigenvalue weighted by atomic mass is 10.1. The van der Waals surface area contributed by atoms with Gasteiger partial charge in [0.1, 0.15) is 0 Å². The molecule has 0 saturated heterocycles. The molecule has 0 radical (unpaired) electrons. The third-order valence-corrected chi connectivity index (χ3v) is 6.19. The van der Waals surface area contributed by atoms with Gasteiger partial charge < -0.3 is 4.90 Å². The van der Waals surface area contributed by atoms with Gasteiger partial charge >= 0.3 is 0 Å². The van der Waals surface area contributed by atoms with Gasteiger partial charge in [-0.3, -0.25) is 9.10 Å². The first-order valence-electron chi connectivity index (χ1n) is 7.66. The van der Waals surface area contributed by atoms with Crippen LogP contribution in [0.25, 0.3) is 0 Å². The zero-order valence-corrected chi connectivity index (χ0v) is 15.5. The van der Waals surface area contributed by atoms with E-state index in [-0.39, 0.29) is 11.9 Å². The molecule has 1 aromatic heterocycles. The Labute approximate surface area is 146 Å². The number of nitrogens with zero attached hydrogens (tertiary/aromatic N) is 2. The van der Waals surface area contributed by atoms with Crippen LogP contribution in [0.2, 0.25) is 0 Å². The zero-order valence-electron chi connectivity index (χ0n) is 13.9. The molecule has 0 fully saturated rings. The van der Waals surface area contributed by atoms with Crippen LogP contribution in [0.3, 0.4) is 0 Å². The molecule has 1 aliphatic rings. The van der Waals surface area contributed by atoms with Crippen molar-refractivity contribution in [3.63, 3.8) is 0 Å². The van der Waals surface area contributed by atoms with E-state index in [1.165, 1.54) is 10.6 Å². The van der Waals surface area contributed by atoms with Crippen molar-refractivity contribution in [1.29, 1.82) is 0 Å². The smallest absolute Gasteiger partial charge is 0.253 e. The van der Waals surface area contributed by atoms with Crippen LogP contribution in [-0.2, 0) is 23.0 Å². The van der Waals surface area contributed by atoms with Crippen LogP contribution in [0.5, 0.6) is 0 Å². The molecule has 5 nitrogen and oxygen atoms in total. The van der Waals surface area contributed by atoms with Crippen LogP contribution in [0.4, 0.5) is 5.69 Å². The molecule has 128 valence electrons. The van der Waals surface area contributed by atoms with Gasteiger partial charge in [0.15, 0.2) is 0 Å². The van der Waals surface area contributed by atoms with Crippen molar-refractivity contribution in [2.45, 2.75) is 25.9 Å².